The zero-order valence-corrected chi connectivity index (χ0v) is 12.6. The first-order valence-corrected chi connectivity index (χ1v) is 8.16. The standard InChI is InChI=1S/C15H27N5/c1-19(13-6-2-3-7-13)11-9-16-12-15-18-17-14-8-4-5-10-20(14)15/h13,16H,2-12H2,1H3. The van der Waals surface area contributed by atoms with Gasteiger partial charge < -0.3 is 14.8 Å². The van der Waals surface area contributed by atoms with Crippen LogP contribution in [-0.2, 0) is 19.5 Å². The highest BCUT2D eigenvalue weighted by Crippen LogP contribution is 2.21. The van der Waals surface area contributed by atoms with Gasteiger partial charge in [0.1, 0.15) is 11.6 Å². The second-order valence-electron chi connectivity index (χ2n) is 6.24. The summed E-state index contributed by atoms with van der Waals surface area (Å²) in [6.07, 6.45) is 9.21. The Morgan fingerprint density at radius 3 is 2.90 bits per heavy atom. The fourth-order valence-electron chi connectivity index (χ4n) is 3.48. The molecule has 3 rings (SSSR count). The molecular formula is C15H27N5. The van der Waals surface area contributed by atoms with Gasteiger partial charge in [0.15, 0.2) is 0 Å². The maximum Gasteiger partial charge on any atom is 0.147 e. The van der Waals surface area contributed by atoms with Crippen LogP contribution >= 0.6 is 0 Å². The highest BCUT2D eigenvalue weighted by Gasteiger charge is 2.19. The maximum atomic E-state index is 4.33. The van der Waals surface area contributed by atoms with E-state index in [-0.39, 0.29) is 0 Å². The normalized spacial score (nSPS) is 19.7. The lowest BCUT2D eigenvalue weighted by Crippen LogP contribution is -2.35. The second-order valence-corrected chi connectivity index (χ2v) is 6.24. The van der Waals surface area contributed by atoms with E-state index in [9.17, 15) is 0 Å². The van der Waals surface area contributed by atoms with Gasteiger partial charge in [-0.15, -0.1) is 10.2 Å². The molecule has 2 heterocycles. The van der Waals surface area contributed by atoms with Crippen LogP contribution < -0.4 is 5.32 Å². The van der Waals surface area contributed by atoms with Crippen molar-refractivity contribution in [3.63, 3.8) is 0 Å². The molecule has 1 aromatic heterocycles. The molecule has 1 N–H and O–H groups in total. The molecule has 20 heavy (non-hydrogen) atoms. The summed E-state index contributed by atoms with van der Waals surface area (Å²) in [6, 6.07) is 0.817. The third kappa shape index (κ3) is 3.20. The summed E-state index contributed by atoms with van der Waals surface area (Å²) in [7, 11) is 2.26. The molecule has 0 unspecified atom stereocenters. The topological polar surface area (TPSA) is 46.0 Å². The minimum Gasteiger partial charge on any atom is -0.314 e. The predicted molar refractivity (Wildman–Crippen MR) is 79.6 cm³/mol. The minimum absolute atomic E-state index is 0.817. The molecule has 1 saturated carbocycles. The summed E-state index contributed by atoms with van der Waals surface area (Å²) in [5.41, 5.74) is 0. The molecule has 1 aliphatic carbocycles. The van der Waals surface area contributed by atoms with Crippen molar-refractivity contribution >= 4 is 0 Å². The molecule has 0 bridgehead atoms. The van der Waals surface area contributed by atoms with Crippen molar-refractivity contribution in [3.05, 3.63) is 11.6 Å². The van der Waals surface area contributed by atoms with E-state index in [1.54, 1.807) is 0 Å². The van der Waals surface area contributed by atoms with Crippen LogP contribution in [0.25, 0.3) is 0 Å². The Balaban J connectivity index is 1.40. The van der Waals surface area contributed by atoms with Crippen molar-refractivity contribution < 1.29 is 0 Å². The number of rotatable bonds is 6. The molecule has 112 valence electrons. The van der Waals surface area contributed by atoms with Crippen molar-refractivity contribution in [2.24, 2.45) is 0 Å². The zero-order valence-electron chi connectivity index (χ0n) is 12.6. The SMILES string of the molecule is CN(CCNCc1nnc2n1CCCC2)C1CCCC1. The van der Waals surface area contributed by atoms with Crippen LogP contribution in [0.4, 0.5) is 0 Å². The van der Waals surface area contributed by atoms with Gasteiger partial charge in [-0.3, -0.25) is 0 Å². The smallest absolute Gasteiger partial charge is 0.147 e. The monoisotopic (exact) mass is 277 g/mol. The Kier molecular flexibility index (Phi) is 4.68. The third-order valence-corrected chi connectivity index (χ3v) is 4.81. The molecule has 1 aliphatic heterocycles. The molecule has 0 amide bonds. The molecule has 0 radical (unpaired) electrons. The van der Waals surface area contributed by atoms with Crippen molar-refractivity contribution in [1.82, 2.24) is 25.0 Å². The number of nitrogens with zero attached hydrogens (tertiary/aromatic N) is 4. The predicted octanol–water partition coefficient (Wildman–Crippen LogP) is 1.58. The van der Waals surface area contributed by atoms with Gasteiger partial charge >= 0.3 is 0 Å². The molecule has 2 aliphatic rings. The summed E-state index contributed by atoms with van der Waals surface area (Å²) >= 11 is 0. The van der Waals surface area contributed by atoms with Gasteiger partial charge in [0.05, 0.1) is 6.54 Å². The fraction of sp³-hybridized carbons (Fsp3) is 0.867. The van der Waals surface area contributed by atoms with E-state index >= 15 is 0 Å². The van der Waals surface area contributed by atoms with Crippen LogP contribution in [-0.4, -0.2) is 45.8 Å². The van der Waals surface area contributed by atoms with Crippen molar-refractivity contribution in [2.45, 2.75) is 64.1 Å². The number of nitrogens with one attached hydrogen (secondary N) is 1. The number of hydrogen-bond donors (Lipinski definition) is 1. The Bertz CT molecular complexity index is 422. The van der Waals surface area contributed by atoms with Gasteiger partial charge in [-0.1, -0.05) is 12.8 Å². The minimum atomic E-state index is 0.817. The molecule has 0 spiro atoms. The number of aromatic nitrogens is 3. The van der Waals surface area contributed by atoms with Gasteiger partial charge in [0.25, 0.3) is 0 Å². The van der Waals surface area contributed by atoms with Crippen LogP contribution in [0.2, 0.25) is 0 Å². The summed E-state index contributed by atoms with van der Waals surface area (Å²) < 4.78 is 2.30. The van der Waals surface area contributed by atoms with E-state index in [1.165, 1.54) is 44.3 Å². The fourth-order valence-corrected chi connectivity index (χ4v) is 3.48. The summed E-state index contributed by atoms with van der Waals surface area (Å²) in [4.78, 5) is 2.51. The number of aryl methyl sites for hydroxylation is 1. The van der Waals surface area contributed by atoms with Crippen LogP contribution in [0, 0.1) is 0 Å². The second kappa shape index (κ2) is 6.68. The average molecular weight is 277 g/mol. The molecule has 1 fully saturated rings. The Morgan fingerprint density at radius 2 is 2.05 bits per heavy atom. The first-order valence-electron chi connectivity index (χ1n) is 8.16. The quantitative estimate of drug-likeness (QED) is 0.802. The van der Waals surface area contributed by atoms with Gasteiger partial charge in [-0.05, 0) is 32.7 Å². The third-order valence-electron chi connectivity index (χ3n) is 4.81. The van der Waals surface area contributed by atoms with E-state index in [2.05, 4.69) is 32.0 Å². The van der Waals surface area contributed by atoms with Crippen LogP contribution in [0.15, 0.2) is 0 Å². The van der Waals surface area contributed by atoms with Crippen LogP contribution in [0.1, 0.15) is 50.2 Å². The number of fused-ring (bicyclic) bond motifs is 1. The van der Waals surface area contributed by atoms with Crippen LogP contribution in [0.3, 0.4) is 0 Å². The first-order chi connectivity index (χ1) is 9.84. The van der Waals surface area contributed by atoms with Crippen molar-refractivity contribution in [3.8, 4) is 0 Å². The molecule has 0 atom stereocenters. The summed E-state index contributed by atoms with van der Waals surface area (Å²) in [5, 5.41) is 12.2. The lowest BCUT2D eigenvalue weighted by atomic mass is 10.2. The maximum absolute atomic E-state index is 4.33. The first kappa shape index (κ1) is 14.0. The summed E-state index contributed by atoms with van der Waals surface area (Å²) in [5.74, 6) is 2.29. The van der Waals surface area contributed by atoms with E-state index in [1.807, 2.05) is 0 Å². The molecule has 1 aromatic rings. The van der Waals surface area contributed by atoms with E-state index in [4.69, 9.17) is 0 Å². The molecule has 5 nitrogen and oxygen atoms in total. The lowest BCUT2D eigenvalue weighted by molar-refractivity contribution is 0.245. The van der Waals surface area contributed by atoms with E-state index in [0.29, 0.717) is 0 Å². The molecule has 0 saturated heterocycles. The van der Waals surface area contributed by atoms with Gasteiger partial charge in [0, 0.05) is 32.1 Å². The molecule has 0 aromatic carbocycles. The highest BCUT2D eigenvalue weighted by molar-refractivity contribution is 4.98. The van der Waals surface area contributed by atoms with E-state index in [0.717, 1.165) is 44.5 Å². The van der Waals surface area contributed by atoms with Crippen molar-refractivity contribution in [1.29, 1.82) is 0 Å². The van der Waals surface area contributed by atoms with Crippen LogP contribution in [0.5, 0.6) is 0 Å². The lowest BCUT2D eigenvalue weighted by Gasteiger charge is -2.24. The summed E-state index contributed by atoms with van der Waals surface area (Å²) in [6.45, 7) is 4.12. The number of hydrogen-bond acceptors (Lipinski definition) is 4. The highest BCUT2D eigenvalue weighted by atomic mass is 15.3. The Morgan fingerprint density at radius 1 is 1.20 bits per heavy atom. The van der Waals surface area contributed by atoms with E-state index < -0.39 is 0 Å². The number of likely N-dealkylation sites (N-methyl/N-ethyl adjacent to an activating group) is 1. The van der Waals surface area contributed by atoms with Gasteiger partial charge in [-0.2, -0.15) is 0 Å². The zero-order chi connectivity index (χ0) is 13.8. The Labute approximate surface area is 121 Å². The van der Waals surface area contributed by atoms with Gasteiger partial charge in [-0.25, -0.2) is 0 Å². The largest absolute Gasteiger partial charge is 0.314 e. The van der Waals surface area contributed by atoms with Crippen molar-refractivity contribution in [2.75, 3.05) is 20.1 Å². The molecular weight excluding hydrogens is 250 g/mol. The average Bonchev–Trinajstić information content (AvgIpc) is 3.13. The van der Waals surface area contributed by atoms with Gasteiger partial charge in [0.2, 0.25) is 0 Å². The molecule has 5 heteroatoms. The Hall–Kier alpha value is -0.940.